The zero-order valence-corrected chi connectivity index (χ0v) is 22.5. The zero-order valence-electron chi connectivity index (χ0n) is 20.9. The van der Waals surface area contributed by atoms with Gasteiger partial charge in [-0.15, -0.1) is 0 Å². The summed E-state index contributed by atoms with van der Waals surface area (Å²) < 4.78 is 7.76. The molecule has 3 heterocycles. The molecule has 0 atom stereocenters. The number of unbranched alkanes of at least 4 members (excludes halogenated alkanes) is 1. The van der Waals surface area contributed by atoms with Gasteiger partial charge in [-0.2, -0.15) is 5.26 Å². The lowest BCUT2D eigenvalue weighted by Crippen LogP contribution is -2.41. The van der Waals surface area contributed by atoms with Crippen LogP contribution in [0.1, 0.15) is 47.6 Å². The van der Waals surface area contributed by atoms with E-state index in [4.69, 9.17) is 17.0 Å². The number of hydrogen-bond acceptors (Lipinski definition) is 7. The van der Waals surface area contributed by atoms with Crippen molar-refractivity contribution in [2.24, 2.45) is 0 Å². The van der Waals surface area contributed by atoms with Crippen LogP contribution in [0.4, 0.5) is 5.82 Å². The van der Waals surface area contributed by atoms with Gasteiger partial charge in [0.2, 0.25) is 0 Å². The number of rotatable bonds is 7. The van der Waals surface area contributed by atoms with Crippen LogP contribution < -0.4 is 10.5 Å². The van der Waals surface area contributed by atoms with Crippen LogP contribution in [0.3, 0.4) is 0 Å². The number of benzene rings is 1. The second-order valence-corrected chi connectivity index (χ2v) is 10.7. The van der Waals surface area contributed by atoms with Crippen molar-refractivity contribution in [3.8, 4) is 6.07 Å². The maximum Gasteiger partial charge on any atom is 0.270 e. The van der Waals surface area contributed by atoms with Gasteiger partial charge in [0.05, 0.1) is 24.7 Å². The molecule has 0 spiro atoms. The molecule has 36 heavy (non-hydrogen) atoms. The summed E-state index contributed by atoms with van der Waals surface area (Å²) in [7, 11) is 0. The van der Waals surface area contributed by atoms with E-state index in [9.17, 15) is 14.9 Å². The number of anilines is 1. The summed E-state index contributed by atoms with van der Waals surface area (Å²) in [5.41, 5.74) is 3.30. The van der Waals surface area contributed by atoms with Gasteiger partial charge in [-0.3, -0.25) is 19.1 Å². The number of morpholine rings is 1. The number of pyridine rings is 1. The Kier molecular flexibility index (Phi) is 8.29. The van der Waals surface area contributed by atoms with Gasteiger partial charge < -0.3 is 9.64 Å². The Labute approximate surface area is 221 Å². The first-order valence-electron chi connectivity index (χ1n) is 12.2. The van der Waals surface area contributed by atoms with Crippen molar-refractivity contribution in [3.05, 3.63) is 67.3 Å². The Morgan fingerprint density at radius 3 is 2.50 bits per heavy atom. The summed E-state index contributed by atoms with van der Waals surface area (Å²) in [6.07, 6.45) is 3.54. The topological polar surface area (TPSA) is 78.6 Å². The monoisotopic (exact) mass is 522 g/mol. The highest BCUT2D eigenvalue weighted by atomic mass is 32.2. The molecule has 2 fully saturated rings. The smallest absolute Gasteiger partial charge is 0.270 e. The minimum absolute atomic E-state index is 0.115. The first-order chi connectivity index (χ1) is 17.3. The van der Waals surface area contributed by atoms with E-state index in [1.807, 2.05) is 37.3 Å². The summed E-state index contributed by atoms with van der Waals surface area (Å²) in [5.74, 6) is 0.583. The van der Waals surface area contributed by atoms with Gasteiger partial charge in [-0.1, -0.05) is 67.2 Å². The number of aryl methyl sites for hydroxylation is 1. The number of nitriles is 1. The van der Waals surface area contributed by atoms with E-state index in [-0.39, 0.29) is 17.0 Å². The van der Waals surface area contributed by atoms with E-state index in [1.165, 1.54) is 11.8 Å². The summed E-state index contributed by atoms with van der Waals surface area (Å²) in [4.78, 5) is 31.0. The Hall–Kier alpha value is -2.93. The molecule has 0 N–H and O–H groups in total. The number of thiocarbonyl (C=S) groups is 1. The number of carbonyl (C=O) groups excluding carboxylic acids is 1. The lowest BCUT2D eigenvalue weighted by Gasteiger charge is -2.33. The van der Waals surface area contributed by atoms with E-state index in [2.05, 4.69) is 17.9 Å². The average Bonchev–Trinajstić information content (AvgIpc) is 3.14. The van der Waals surface area contributed by atoms with Gasteiger partial charge in [0.25, 0.3) is 11.5 Å². The normalized spacial score (nSPS) is 17.2. The number of thioether (sulfide) groups is 1. The van der Waals surface area contributed by atoms with E-state index in [1.54, 1.807) is 16.4 Å². The molecule has 2 aliphatic heterocycles. The predicted molar refractivity (Wildman–Crippen MR) is 148 cm³/mol. The molecule has 7 nitrogen and oxygen atoms in total. The number of hydrogen-bond donors (Lipinski definition) is 0. The molecule has 9 heteroatoms. The van der Waals surface area contributed by atoms with Crippen LogP contribution in [0.25, 0.3) is 6.08 Å². The third-order valence-electron chi connectivity index (χ3n) is 6.50. The van der Waals surface area contributed by atoms with Crippen LogP contribution in [0.2, 0.25) is 0 Å². The summed E-state index contributed by atoms with van der Waals surface area (Å²) in [6.45, 7) is 9.15. The Morgan fingerprint density at radius 1 is 1.17 bits per heavy atom. The molecule has 0 unspecified atom stereocenters. The molecule has 2 aromatic rings. The average molecular weight is 523 g/mol. The molecule has 0 saturated carbocycles. The van der Waals surface area contributed by atoms with Gasteiger partial charge in [0.15, 0.2) is 0 Å². The van der Waals surface area contributed by atoms with Crippen molar-refractivity contribution in [3.63, 3.8) is 0 Å². The number of carbonyl (C=O) groups is 1. The maximum absolute atomic E-state index is 13.5. The molecule has 0 aliphatic carbocycles. The van der Waals surface area contributed by atoms with Crippen LogP contribution in [0.15, 0.2) is 34.0 Å². The largest absolute Gasteiger partial charge is 0.378 e. The number of nitrogens with zero attached hydrogens (tertiary/aromatic N) is 4. The first-order valence-corrected chi connectivity index (χ1v) is 13.4. The molecule has 0 bridgehead atoms. The third kappa shape index (κ3) is 5.26. The van der Waals surface area contributed by atoms with Crippen molar-refractivity contribution in [2.45, 2.75) is 46.7 Å². The van der Waals surface area contributed by atoms with E-state index in [0.717, 1.165) is 35.3 Å². The van der Waals surface area contributed by atoms with Crippen LogP contribution >= 0.6 is 24.0 Å². The quantitative estimate of drug-likeness (QED) is 0.395. The van der Waals surface area contributed by atoms with Gasteiger partial charge in [0, 0.05) is 25.2 Å². The van der Waals surface area contributed by atoms with Gasteiger partial charge in [0.1, 0.15) is 21.8 Å². The van der Waals surface area contributed by atoms with Gasteiger partial charge >= 0.3 is 0 Å². The van der Waals surface area contributed by atoms with E-state index < -0.39 is 0 Å². The van der Waals surface area contributed by atoms with Crippen molar-refractivity contribution in [2.75, 3.05) is 31.2 Å². The molecule has 1 aromatic carbocycles. The third-order valence-corrected chi connectivity index (χ3v) is 7.88. The van der Waals surface area contributed by atoms with Gasteiger partial charge in [-0.05, 0) is 37.5 Å². The Balaban J connectivity index is 1.80. The summed E-state index contributed by atoms with van der Waals surface area (Å²) in [6, 6.07) is 10.1. The van der Waals surface area contributed by atoms with Crippen LogP contribution in [-0.4, -0.2) is 46.0 Å². The molecule has 188 valence electrons. The highest BCUT2D eigenvalue weighted by Gasteiger charge is 2.33. The Morgan fingerprint density at radius 2 is 1.86 bits per heavy atom. The minimum atomic E-state index is -0.283. The first kappa shape index (κ1) is 26.1. The standard InChI is InChI=1S/C27H30N4O3S2/c1-4-5-10-30-24(29-11-13-34-14-12-29)21(19(3)22(16-28)25(30)32)15-23-26(33)31(27(35)36-23)17-20-8-6-18(2)7-9-20/h6-9,15H,4-5,10-14,17H2,1-3H3/b23-15+. The van der Waals surface area contributed by atoms with Crippen LogP contribution in [-0.2, 0) is 22.6 Å². The van der Waals surface area contributed by atoms with Crippen molar-refractivity contribution in [1.82, 2.24) is 9.47 Å². The predicted octanol–water partition coefficient (Wildman–Crippen LogP) is 4.37. The molecule has 4 rings (SSSR count). The fraction of sp³-hybridized carbons (Fsp3) is 0.407. The lowest BCUT2D eigenvalue weighted by atomic mass is 10.0. The highest BCUT2D eigenvalue weighted by Crippen LogP contribution is 2.36. The molecule has 1 aromatic heterocycles. The highest BCUT2D eigenvalue weighted by molar-refractivity contribution is 8.26. The lowest BCUT2D eigenvalue weighted by molar-refractivity contribution is -0.122. The fourth-order valence-electron chi connectivity index (χ4n) is 4.43. The van der Waals surface area contributed by atoms with Crippen molar-refractivity contribution >= 4 is 46.1 Å². The maximum atomic E-state index is 13.5. The SMILES string of the molecule is CCCCn1c(N2CCOCC2)c(/C=C2/SC(=S)N(Cc3ccc(C)cc3)C2=O)c(C)c(C#N)c1=O. The zero-order chi connectivity index (χ0) is 25.8. The van der Waals surface area contributed by atoms with Gasteiger partial charge in [-0.25, -0.2) is 0 Å². The van der Waals surface area contributed by atoms with Crippen molar-refractivity contribution < 1.29 is 9.53 Å². The fourth-order valence-corrected chi connectivity index (χ4v) is 5.66. The van der Waals surface area contributed by atoms with E-state index >= 15 is 0 Å². The molecule has 2 aliphatic rings. The van der Waals surface area contributed by atoms with E-state index in [0.29, 0.717) is 54.2 Å². The van der Waals surface area contributed by atoms with Crippen LogP contribution in [0, 0.1) is 25.2 Å². The molecule has 1 amide bonds. The number of ether oxygens (including phenoxy) is 1. The summed E-state index contributed by atoms with van der Waals surface area (Å²) in [5, 5.41) is 9.84. The second-order valence-electron chi connectivity index (χ2n) is 9.01. The van der Waals surface area contributed by atoms with Crippen molar-refractivity contribution in [1.29, 1.82) is 5.26 Å². The Bertz CT molecular complexity index is 1300. The molecule has 2 saturated heterocycles. The summed E-state index contributed by atoms with van der Waals surface area (Å²) >= 11 is 6.83. The second kappa shape index (κ2) is 11.4. The minimum Gasteiger partial charge on any atom is -0.378 e. The molecular formula is C27H30N4O3S2. The number of amides is 1. The number of aromatic nitrogens is 1. The molecule has 0 radical (unpaired) electrons. The molecular weight excluding hydrogens is 492 g/mol. The van der Waals surface area contributed by atoms with Crippen LogP contribution in [0.5, 0.6) is 0 Å².